The molecule has 0 aromatic heterocycles. The van der Waals surface area contributed by atoms with E-state index in [0.717, 1.165) is 0 Å². The Morgan fingerprint density at radius 2 is 1.67 bits per heavy atom. The van der Waals surface area contributed by atoms with Crippen molar-refractivity contribution in [2.24, 2.45) is 0 Å². The largest absolute Gasteiger partial charge is 0.345 e. The Kier molecular flexibility index (Phi) is 1.77. The van der Waals surface area contributed by atoms with Gasteiger partial charge >= 0.3 is 0 Å². The predicted octanol–water partition coefficient (Wildman–Crippen LogP) is 2.99. The predicted molar refractivity (Wildman–Crippen MR) is 70.3 cm³/mol. The van der Waals surface area contributed by atoms with Gasteiger partial charge in [0.25, 0.3) is 0 Å². The minimum absolute atomic E-state index is 0.0505. The number of hydrogen-bond acceptors (Lipinski definition) is 1. The molecule has 1 heterocycles. The Bertz CT molecular complexity index is 675. The Morgan fingerprint density at radius 3 is 2.56 bits per heavy atom. The van der Waals surface area contributed by atoms with Crippen molar-refractivity contribution in [3.8, 4) is 11.1 Å². The second kappa shape index (κ2) is 3.22. The number of hydrogen-bond donors (Lipinski definition) is 1. The Morgan fingerprint density at radius 1 is 0.944 bits per heavy atom. The summed E-state index contributed by atoms with van der Waals surface area (Å²) in [5, 5.41) is 3.14. The average Bonchev–Trinajstić information content (AvgIpc) is 2.72. The molecule has 2 atom stereocenters. The molecule has 0 radical (unpaired) electrons. The van der Waals surface area contributed by atoms with Crippen LogP contribution in [0.25, 0.3) is 11.1 Å². The quantitative estimate of drug-likeness (QED) is 0.747. The van der Waals surface area contributed by atoms with Crippen molar-refractivity contribution in [1.29, 1.82) is 0 Å². The van der Waals surface area contributed by atoms with Crippen LogP contribution in [0.2, 0.25) is 0 Å². The highest BCUT2D eigenvalue weighted by atomic mass is 16.2. The summed E-state index contributed by atoms with van der Waals surface area (Å²) in [7, 11) is 0. The Balaban J connectivity index is 2.09. The molecule has 0 spiro atoms. The van der Waals surface area contributed by atoms with E-state index in [4.69, 9.17) is 0 Å². The number of fused-ring (bicyclic) bond motifs is 3. The van der Waals surface area contributed by atoms with E-state index in [1.807, 2.05) is 13.0 Å². The maximum absolute atomic E-state index is 12.0. The van der Waals surface area contributed by atoms with Crippen LogP contribution < -0.4 is 5.32 Å². The summed E-state index contributed by atoms with van der Waals surface area (Å²) in [4.78, 5) is 12.0. The van der Waals surface area contributed by atoms with Crippen LogP contribution in [0.4, 0.5) is 0 Å². The molecule has 0 saturated carbocycles. The van der Waals surface area contributed by atoms with Crippen LogP contribution in [0.3, 0.4) is 0 Å². The molecule has 1 aliphatic carbocycles. The lowest BCUT2D eigenvalue weighted by atomic mass is 9.86. The average molecular weight is 235 g/mol. The second-order valence-electron chi connectivity index (χ2n) is 5.06. The van der Waals surface area contributed by atoms with Gasteiger partial charge in [0.1, 0.15) is 0 Å². The van der Waals surface area contributed by atoms with E-state index >= 15 is 0 Å². The van der Waals surface area contributed by atoms with Gasteiger partial charge < -0.3 is 5.32 Å². The van der Waals surface area contributed by atoms with Crippen LogP contribution >= 0.6 is 0 Å². The van der Waals surface area contributed by atoms with Gasteiger partial charge in [0.15, 0.2) is 0 Å². The van der Waals surface area contributed by atoms with E-state index in [1.165, 1.54) is 27.8 Å². The van der Waals surface area contributed by atoms with Gasteiger partial charge in [0, 0.05) is 0 Å². The van der Waals surface area contributed by atoms with Crippen LogP contribution in [0.1, 0.15) is 35.6 Å². The van der Waals surface area contributed by atoms with Gasteiger partial charge in [-0.15, -0.1) is 0 Å². The molecule has 2 aliphatic rings. The molecule has 1 aliphatic heterocycles. The van der Waals surface area contributed by atoms with Gasteiger partial charge in [0.05, 0.1) is 12.0 Å². The SMILES string of the molecule is CC1C(=O)NC2c3ccccc3-c3cccc1c32. The van der Waals surface area contributed by atoms with Crippen molar-refractivity contribution >= 4 is 5.91 Å². The van der Waals surface area contributed by atoms with Crippen molar-refractivity contribution in [1.82, 2.24) is 5.32 Å². The van der Waals surface area contributed by atoms with Gasteiger partial charge in [-0.25, -0.2) is 0 Å². The Hall–Kier alpha value is -2.09. The summed E-state index contributed by atoms with van der Waals surface area (Å²) in [5.41, 5.74) is 6.23. The molecule has 2 heteroatoms. The summed E-state index contributed by atoms with van der Waals surface area (Å²) in [5.74, 6) is 0.0758. The fourth-order valence-corrected chi connectivity index (χ4v) is 3.23. The molecule has 2 aromatic carbocycles. The third-order valence-electron chi connectivity index (χ3n) is 4.14. The zero-order chi connectivity index (χ0) is 12.3. The minimum atomic E-state index is -0.0505. The lowest BCUT2D eigenvalue weighted by Crippen LogP contribution is -2.36. The number of rotatable bonds is 0. The molecule has 2 nitrogen and oxygen atoms in total. The normalized spacial score (nSPS) is 23.3. The first-order valence-corrected chi connectivity index (χ1v) is 6.30. The van der Waals surface area contributed by atoms with E-state index in [1.54, 1.807) is 0 Å². The number of amides is 1. The molecule has 1 N–H and O–H groups in total. The summed E-state index contributed by atoms with van der Waals surface area (Å²) in [6.45, 7) is 1.98. The van der Waals surface area contributed by atoms with Crippen molar-refractivity contribution in [2.75, 3.05) is 0 Å². The summed E-state index contributed by atoms with van der Waals surface area (Å²) < 4.78 is 0. The fourth-order valence-electron chi connectivity index (χ4n) is 3.23. The van der Waals surface area contributed by atoms with Crippen LogP contribution in [-0.4, -0.2) is 5.91 Å². The molecule has 4 rings (SSSR count). The maximum atomic E-state index is 12.0. The third-order valence-corrected chi connectivity index (χ3v) is 4.14. The van der Waals surface area contributed by atoms with Gasteiger partial charge in [0.2, 0.25) is 5.91 Å². The van der Waals surface area contributed by atoms with E-state index in [2.05, 4.69) is 41.7 Å². The van der Waals surface area contributed by atoms with E-state index in [0.29, 0.717) is 0 Å². The highest BCUT2D eigenvalue weighted by Crippen LogP contribution is 2.48. The summed E-state index contributed by atoms with van der Waals surface area (Å²) in [6.07, 6.45) is 0. The highest BCUT2D eigenvalue weighted by molar-refractivity contribution is 5.92. The van der Waals surface area contributed by atoms with Gasteiger partial charge in [-0.2, -0.15) is 0 Å². The first kappa shape index (κ1) is 9.89. The standard InChI is InChI=1S/C16H13NO/c1-9-10-7-4-8-12-11-5-2-3-6-13(11)15(14(10)12)17-16(9)18/h2-9,15H,1H3,(H,17,18). The van der Waals surface area contributed by atoms with E-state index in [9.17, 15) is 4.79 Å². The van der Waals surface area contributed by atoms with Crippen LogP contribution in [0.15, 0.2) is 42.5 Å². The molecular weight excluding hydrogens is 222 g/mol. The first-order valence-electron chi connectivity index (χ1n) is 6.30. The maximum Gasteiger partial charge on any atom is 0.228 e. The molecule has 18 heavy (non-hydrogen) atoms. The first-order chi connectivity index (χ1) is 8.77. The number of nitrogens with one attached hydrogen (secondary N) is 1. The van der Waals surface area contributed by atoms with Crippen molar-refractivity contribution in [2.45, 2.75) is 18.9 Å². The lowest BCUT2D eigenvalue weighted by Gasteiger charge is -2.28. The highest BCUT2D eigenvalue weighted by Gasteiger charge is 2.38. The van der Waals surface area contributed by atoms with Crippen LogP contribution in [-0.2, 0) is 4.79 Å². The zero-order valence-electron chi connectivity index (χ0n) is 10.1. The topological polar surface area (TPSA) is 29.1 Å². The lowest BCUT2D eigenvalue weighted by molar-refractivity contribution is -0.123. The van der Waals surface area contributed by atoms with E-state index < -0.39 is 0 Å². The zero-order valence-corrected chi connectivity index (χ0v) is 10.1. The van der Waals surface area contributed by atoms with Gasteiger partial charge in [-0.3, -0.25) is 4.79 Å². The minimum Gasteiger partial charge on any atom is -0.345 e. The summed E-state index contributed by atoms with van der Waals surface area (Å²) in [6, 6.07) is 14.7. The van der Waals surface area contributed by atoms with Crippen LogP contribution in [0.5, 0.6) is 0 Å². The third kappa shape index (κ3) is 1.05. The number of benzene rings is 2. The van der Waals surface area contributed by atoms with Crippen molar-refractivity contribution in [3.05, 3.63) is 59.2 Å². The second-order valence-corrected chi connectivity index (χ2v) is 5.06. The summed E-state index contributed by atoms with van der Waals surface area (Å²) >= 11 is 0. The van der Waals surface area contributed by atoms with Gasteiger partial charge in [-0.1, -0.05) is 42.5 Å². The molecule has 2 unspecified atom stereocenters. The molecule has 88 valence electrons. The number of carbonyl (C=O) groups is 1. The Labute approximate surface area is 106 Å². The molecular formula is C16H13NO. The fraction of sp³-hybridized carbons (Fsp3) is 0.188. The molecule has 1 amide bonds. The molecule has 0 bridgehead atoms. The van der Waals surface area contributed by atoms with Crippen molar-refractivity contribution in [3.63, 3.8) is 0 Å². The van der Waals surface area contributed by atoms with Crippen LogP contribution in [0, 0.1) is 0 Å². The van der Waals surface area contributed by atoms with E-state index in [-0.39, 0.29) is 17.9 Å². The molecule has 0 saturated heterocycles. The monoisotopic (exact) mass is 235 g/mol. The smallest absolute Gasteiger partial charge is 0.228 e. The van der Waals surface area contributed by atoms with Crippen molar-refractivity contribution < 1.29 is 4.79 Å². The number of carbonyl (C=O) groups excluding carboxylic acids is 1. The van der Waals surface area contributed by atoms with Gasteiger partial charge in [-0.05, 0) is 34.7 Å². The molecule has 2 aromatic rings. The molecule has 0 fully saturated rings.